The van der Waals surface area contributed by atoms with E-state index in [1.54, 1.807) is 0 Å². The molecule has 4 aromatic rings. The van der Waals surface area contributed by atoms with E-state index >= 15 is 0 Å². The first-order valence-corrected chi connectivity index (χ1v) is 8.26. The SMILES string of the molecule is O=C(Cn1cnc2c(cnn2-c2ccc(F)cc2)c1=O)Nc1cccc(F)c1. The molecule has 2 heterocycles. The van der Waals surface area contributed by atoms with E-state index < -0.39 is 17.3 Å². The van der Waals surface area contributed by atoms with Crippen molar-refractivity contribution < 1.29 is 13.6 Å². The summed E-state index contributed by atoms with van der Waals surface area (Å²) in [4.78, 5) is 29.0. The molecule has 4 rings (SSSR count). The van der Waals surface area contributed by atoms with Crippen molar-refractivity contribution in [3.8, 4) is 5.69 Å². The lowest BCUT2D eigenvalue weighted by molar-refractivity contribution is -0.116. The standard InChI is InChI=1S/C19H13F2N5O2/c20-12-4-6-15(7-5-12)26-18-16(9-23-26)19(28)25(11-22-18)10-17(27)24-14-3-1-2-13(21)8-14/h1-9,11H,10H2,(H,24,27). The molecule has 0 unspecified atom stereocenters. The monoisotopic (exact) mass is 381 g/mol. The van der Waals surface area contributed by atoms with Gasteiger partial charge in [0.1, 0.15) is 29.9 Å². The van der Waals surface area contributed by atoms with Crippen molar-refractivity contribution in [1.82, 2.24) is 19.3 Å². The van der Waals surface area contributed by atoms with Crippen molar-refractivity contribution in [2.75, 3.05) is 5.32 Å². The lowest BCUT2D eigenvalue weighted by Gasteiger charge is -2.08. The third-order valence-corrected chi connectivity index (χ3v) is 4.05. The molecule has 2 aromatic carbocycles. The molecule has 0 spiro atoms. The van der Waals surface area contributed by atoms with E-state index in [1.807, 2.05) is 0 Å². The second-order valence-electron chi connectivity index (χ2n) is 6.01. The molecular formula is C19H13F2N5O2. The molecule has 0 aliphatic heterocycles. The molecule has 1 amide bonds. The van der Waals surface area contributed by atoms with Crippen LogP contribution in [-0.4, -0.2) is 25.2 Å². The average molecular weight is 381 g/mol. The van der Waals surface area contributed by atoms with Gasteiger partial charge in [-0.05, 0) is 42.5 Å². The number of benzene rings is 2. The minimum atomic E-state index is -0.500. The third-order valence-electron chi connectivity index (χ3n) is 4.05. The summed E-state index contributed by atoms with van der Waals surface area (Å²) >= 11 is 0. The quantitative estimate of drug-likeness (QED) is 0.589. The van der Waals surface area contributed by atoms with Gasteiger partial charge >= 0.3 is 0 Å². The highest BCUT2D eigenvalue weighted by Gasteiger charge is 2.13. The van der Waals surface area contributed by atoms with Crippen LogP contribution in [0, 0.1) is 11.6 Å². The van der Waals surface area contributed by atoms with Crippen molar-refractivity contribution in [2.45, 2.75) is 6.54 Å². The lowest BCUT2D eigenvalue weighted by atomic mass is 10.3. The predicted octanol–water partition coefficient (Wildman–Crippen LogP) is 2.50. The Hall–Kier alpha value is -3.88. The number of fused-ring (bicyclic) bond motifs is 1. The molecule has 1 N–H and O–H groups in total. The van der Waals surface area contributed by atoms with Crippen LogP contribution in [0.3, 0.4) is 0 Å². The molecule has 0 fully saturated rings. The Morgan fingerprint density at radius 2 is 1.86 bits per heavy atom. The lowest BCUT2D eigenvalue weighted by Crippen LogP contribution is -2.27. The van der Waals surface area contributed by atoms with Gasteiger partial charge in [-0.3, -0.25) is 14.2 Å². The number of rotatable bonds is 4. The van der Waals surface area contributed by atoms with Crippen LogP contribution >= 0.6 is 0 Å². The van der Waals surface area contributed by atoms with Crippen LogP contribution in [0.4, 0.5) is 14.5 Å². The first kappa shape index (κ1) is 17.5. The van der Waals surface area contributed by atoms with Gasteiger partial charge < -0.3 is 5.32 Å². The molecular weight excluding hydrogens is 368 g/mol. The van der Waals surface area contributed by atoms with Gasteiger partial charge in [0.05, 0.1) is 11.9 Å². The number of halogens is 2. The molecule has 9 heteroatoms. The first-order chi connectivity index (χ1) is 13.5. The van der Waals surface area contributed by atoms with E-state index in [0.29, 0.717) is 11.3 Å². The smallest absolute Gasteiger partial charge is 0.264 e. The largest absolute Gasteiger partial charge is 0.324 e. The Kier molecular flexibility index (Phi) is 4.40. The summed E-state index contributed by atoms with van der Waals surface area (Å²) in [6.45, 7) is -0.292. The molecule has 140 valence electrons. The molecule has 2 aromatic heterocycles. The van der Waals surface area contributed by atoms with E-state index in [4.69, 9.17) is 0 Å². The summed E-state index contributed by atoms with van der Waals surface area (Å²) in [7, 11) is 0. The topological polar surface area (TPSA) is 81.8 Å². The number of amides is 1. The number of carbonyl (C=O) groups is 1. The molecule has 0 atom stereocenters. The zero-order valence-electron chi connectivity index (χ0n) is 14.3. The fraction of sp³-hybridized carbons (Fsp3) is 0.0526. The van der Waals surface area contributed by atoms with Crippen molar-refractivity contribution in [3.63, 3.8) is 0 Å². The summed E-state index contributed by atoms with van der Waals surface area (Å²) in [6, 6.07) is 11.0. The molecule has 0 saturated heterocycles. The number of aromatic nitrogens is 4. The summed E-state index contributed by atoms with van der Waals surface area (Å²) in [6.07, 6.45) is 2.58. The van der Waals surface area contributed by atoms with Gasteiger partial charge in [0.15, 0.2) is 5.65 Å². The van der Waals surface area contributed by atoms with E-state index in [2.05, 4.69) is 15.4 Å². The summed E-state index contributed by atoms with van der Waals surface area (Å²) in [5.41, 5.74) is 0.673. The Bertz CT molecular complexity index is 1230. The van der Waals surface area contributed by atoms with E-state index in [0.717, 1.165) is 4.57 Å². The van der Waals surface area contributed by atoms with Gasteiger partial charge in [0.2, 0.25) is 5.91 Å². The van der Waals surface area contributed by atoms with Crippen molar-refractivity contribution in [1.29, 1.82) is 0 Å². The summed E-state index contributed by atoms with van der Waals surface area (Å²) in [5, 5.41) is 6.86. The maximum absolute atomic E-state index is 13.2. The molecule has 28 heavy (non-hydrogen) atoms. The fourth-order valence-corrected chi connectivity index (χ4v) is 2.75. The normalized spacial score (nSPS) is 10.9. The third kappa shape index (κ3) is 3.37. The van der Waals surface area contributed by atoms with Gasteiger partial charge in [-0.25, -0.2) is 18.4 Å². The highest BCUT2D eigenvalue weighted by molar-refractivity contribution is 5.90. The van der Waals surface area contributed by atoms with Crippen LogP contribution in [0.5, 0.6) is 0 Å². The van der Waals surface area contributed by atoms with Crippen LogP contribution in [-0.2, 0) is 11.3 Å². The van der Waals surface area contributed by atoms with Crippen molar-refractivity contribution in [2.24, 2.45) is 0 Å². The zero-order chi connectivity index (χ0) is 19.7. The molecule has 7 nitrogen and oxygen atoms in total. The van der Waals surface area contributed by atoms with Crippen LogP contribution in [0.15, 0.2) is 65.8 Å². The Morgan fingerprint density at radius 1 is 1.07 bits per heavy atom. The maximum atomic E-state index is 13.2. The Labute approximate surface area is 156 Å². The molecule has 0 bridgehead atoms. The minimum Gasteiger partial charge on any atom is -0.324 e. The average Bonchev–Trinajstić information content (AvgIpc) is 3.09. The molecule has 0 aliphatic carbocycles. The molecule has 0 aliphatic rings. The van der Waals surface area contributed by atoms with E-state index in [1.165, 1.54) is 65.7 Å². The minimum absolute atomic E-state index is 0.213. The van der Waals surface area contributed by atoms with Gasteiger partial charge in [0, 0.05) is 5.69 Å². The summed E-state index contributed by atoms with van der Waals surface area (Å²) < 4.78 is 28.8. The first-order valence-electron chi connectivity index (χ1n) is 8.26. The number of nitrogens with zero attached hydrogens (tertiary/aromatic N) is 4. The van der Waals surface area contributed by atoms with Crippen LogP contribution in [0.25, 0.3) is 16.7 Å². The van der Waals surface area contributed by atoms with Gasteiger partial charge in [-0.2, -0.15) is 5.10 Å². The maximum Gasteiger partial charge on any atom is 0.264 e. The van der Waals surface area contributed by atoms with Crippen molar-refractivity contribution >= 4 is 22.6 Å². The number of hydrogen-bond acceptors (Lipinski definition) is 4. The number of hydrogen-bond donors (Lipinski definition) is 1. The van der Waals surface area contributed by atoms with Crippen LogP contribution in [0.1, 0.15) is 0 Å². The van der Waals surface area contributed by atoms with Gasteiger partial charge in [0.25, 0.3) is 5.56 Å². The highest BCUT2D eigenvalue weighted by atomic mass is 19.1. The second kappa shape index (κ2) is 7.03. The number of carbonyl (C=O) groups excluding carboxylic acids is 1. The fourth-order valence-electron chi connectivity index (χ4n) is 2.75. The van der Waals surface area contributed by atoms with Gasteiger partial charge in [-0.1, -0.05) is 6.07 Å². The zero-order valence-corrected chi connectivity index (χ0v) is 14.3. The Morgan fingerprint density at radius 3 is 2.61 bits per heavy atom. The summed E-state index contributed by atoms with van der Waals surface area (Å²) in [5.74, 6) is -1.37. The van der Waals surface area contributed by atoms with E-state index in [9.17, 15) is 18.4 Å². The number of nitrogens with one attached hydrogen (secondary N) is 1. The van der Waals surface area contributed by atoms with Gasteiger partial charge in [-0.15, -0.1) is 0 Å². The molecule has 0 saturated carbocycles. The molecule has 0 radical (unpaired) electrons. The number of anilines is 1. The van der Waals surface area contributed by atoms with E-state index in [-0.39, 0.29) is 23.4 Å². The van der Waals surface area contributed by atoms with Crippen LogP contribution in [0.2, 0.25) is 0 Å². The predicted molar refractivity (Wildman–Crippen MR) is 98.1 cm³/mol. The second-order valence-corrected chi connectivity index (χ2v) is 6.01. The Balaban J connectivity index is 1.61. The van der Waals surface area contributed by atoms with Crippen molar-refractivity contribution in [3.05, 3.63) is 83.0 Å². The highest BCUT2D eigenvalue weighted by Crippen LogP contribution is 2.14. The van der Waals surface area contributed by atoms with Crippen LogP contribution < -0.4 is 10.9 Å².